The number of carboxylic acid groups (broad SMARTS) is 1. The molecule has 6 heteroatoms. The molecule has 0 aromatic heterocycles. The van der Waals surface area contributed by atoms with E-state index in [0.29, 0.717) is 30.9 Å². The van der Waals surface area contributed by atoms with Crippen LogP contribution in [-0.4, -0.2) is 35.7 Å². The van der Waals surface area contributed by atoms with Crippen LogP contribution in [0.15, 0.2) is 54.6 Å². The monoisotopic (exact) mass is 355 g/mol. The lowest BCUT2D eigenvalue weighted by Gasteiger charge is -2.27. The normalized spacial score (nSPS) is 19.1. The number of hydrogen-bond donors (Lipinski definition) is 2. The van der Waals surface area contributed by atoms with Crippen LogP contribution in [0, 0.1) is 0 Å². The molecular formula is C20H21NO5. The van der Waals surface area contributed by atoms with Crippen molar-refractivity contribution in [1.29, 1.82) is 0 Å². The molecule has 0 aliphatic carbocycles. The van der Waals surface area contributed by atoms with Gasteiger partial charge in [0.25, 0.3) is 5.91 Å². The lowest BCUT2D eigenvalue weighted by atomic mass is 9.93. The van der Waals surface area contributed by atoms with Crippen LogP contribution in [0.1, 0.15) is 28.8 Å². The van der Waals surface area contributed by atoms with E-state index in [0.717, 1.165) is 5.56 Å². The molecule has 6 nitrogen and oxygen atoms in total. The molecule has 1 saturated heterocycles. The summed E-state index contributed by atoms with van der Waals surface area (Å²) in [6.45, 7) is 1.11. The van der Waals surface area contributed by atoms with E-state index in [4.69, 9.17) is 14.6 Å². The van der Waals surface area contributed by atoms with Crippen molar-refractivity contribution in [2.45, 2.75) is 25.0 Å². The minimum absolute atomic E-state index is 0.156. The van der Waals surface area contributed by atoms with Gasteiger partial charge < -0.3 is 19.9 Å². The molecule has 1 fully saturated rings. The smallest absolute Gasteiger partial charge is 0.305 e. The van der Waals surface area contributed by atoms with Gasteiger partial charge in [-0.15, -0.1) is 0 Å². The Bertz CT molecular complexity index is 752. The molecule has 1 heterocycles. The van der Waals surface area contributed by atoms with E-state index in [1.807, 2.05) is 30.3 Å². The molecule has 136 valence electrons. The van der Waals surface area contributed by atoms with Gasteiger partial charge in [-0.1, -0.05) is 30.3 Å². The summed E-state index contributed by atoms with van der Waals surface area (Å²) in [5.41, 5.74) is 0.672. The summed E-state index contributed by atoms with van der Waals surface area (Å²) in [4.78, 5) is 23.6. The molecule has 0 saturated carbocycles. The lowest BCUT2D eigenvalue weighted by molar-refractivity contribution is -0.138. The van der Waals surface area contributed by atoms with Crippen LogP contribution in [0.4, 0.5) is 0 Å². The zero-order valence-corrected chi connectivity index (χ0v) is 14.3. The van der Waals surface area contributed by atoms with Crippen molar-refractivity contribution in [3.8, 4) is 5.75 Å². The molecule has 1 atom stereocenters. The fraction of sp³-hybridized carbons (Fsp3) is 0.300. The maximum Gasteiger partial charge on any atom is 0.305 e. The van der Waals surface area contributed by atoms with Crippen molar-refractivity contribution in [2.24, 2.45) is 0 Å². The van der Waals surface area contributed by atoms with Crippen LogP contribution in [0.25, 0.3) is 0 Å². The van der Waals surface area contributed by atoms with Gasteiger partial charge in [-0.3, -0.25) is 9.59 Å². The van der Waals surface area contributed by atoms with Gasteiger partial charge in [0.1, 0.15) is 12.4 Å². The SMILES string of the molecule is O=C(O)CC1(NC(=O)c2ccc(OCc3ccccc3)cc2)CCOC1. The highest BCUT2D eigenvalue weighted by molar-refractivity contribution is 5.95. The largest absolute Gasteiger partial charge is 0.489 e. The lowest BCUT2D eigenvalue weighted by Crippen LogP contribution is -2.50. The number of hydrogen-bond acceptors (Lipinski definition) is 4. The number of carbonyl (C=O) groups is 2. The number of carboxylic acids is 1. The Hall–Kier alpha value is -2.86. The molecule has 1 aliphatic rings. The summed E-state index contributed by atoms with van der Waals surface area (Å²) in [6, 6.07) is 16.6. The minimum Gasteiger partial charge on any atom is -0.489 e. The topological polar surface area (TPSA) is 84.9 Å². The average molecular weight is 355 g/mol. The Balaban J connectivity index is 1.60. The fourth-order valence-electron chi connectivity index (χ4n) is 2.94. The van der Waals surface area contributed by atoms with Crippen molar-refractivity contribution in [3.05, 3.63) is 65.7 Å². The Kier molecular flexibility index (Phi) is 5.53. The van der Waals surface area contributed by atoms with E-state index in [-0.39, 0.29) is 18.9 Å². The predicted octanol–water partition coefficient (Wildman–Crippen LogP) is 2.63. The molecule has 2 aromatic carbocycles. The second kappa shape index (κ2) is 8.01. The van der Waals surface area contributed by atoms with Gasteiger partial charge in [-0.05, 0) is 36.2 Å². The van der Waals surface area contributed by atoms with Crippen molar-refractivity contribution in [1.82, 2.24) is 5.32 Å². The number of rotatable bonds is 7. The summed E-state index contributed by atoms with van der Waals surface area (Å²) in [6.07, 6.45) is 0.334. The zero-order chi connectivity index (χ0) is 18.4. The molecule has 0 radical (unpaired) electrons. The highest BCUT2D eigenvalue weighted by Crippen LogP contribution is 2.24. The summed E-state index contributed by atoms with van der Waals surface area (Å²) in [5, 5.41) is 11.9. The molecular weight excluding hydrogens is 334 g/mol. The van der Waals surface area contributed by atoms with Gasteiger partial charge in [-0.25, -0.2) is 0 Å². The van der Waals surface area contributed by atoms with E-state index in [9.17, 15) is 9.59 Å². The quantitative estimate of drug-likeness (QED) is 0.797. The summed E-state index contributed by atoms with van der Waals surface area (Å²) < 4.78 is 11.0. The molecule has 2 aromatic rings. The molecule has 26 heavy (non-hydrogen) atoms. The molecule has 0 spiro atoms. The first kappa shape index (κ1) is 17.9. The van der Waals surface area contributed by atoms with E-state index in [1.54, 1.807) is 24.3 Å². The number of ether oxygens (including phenoxy) is 2. The predicted molar refractivity (Wildman–Crippen MR) is 95.1 cm³/mol. The standard InChI is InChI=1S/C20H21NO5/c22-18(23)12-20(10-11-25-14-20)21-19(24)16-6-8-17(9-7-16)26-13-15-4-2-1-3-5-15/h1-9H,10-14H2,(H,21,24)(H,22,23). The summed E-state index contributed by atoms with van der Waals surface area (Å²) >= 11 is 0. The Morgan fingerprint density at radius 1 is 1.12 bits per heavy atom. The maximum absolute atomic E-state index is 12.5. The third-order valence-electron chi connectivity index (χ3n) is 4.34. The van der Waals surface area contributed by atoms with Crippen molar-refractivity contribution in [3.63, 3.8) is 0 Å². The first-order valence-electron chi connectivity index (χ1n) is 8.45. The van der Waals surface area contributed by atoms with Gasteiger partial charge in [0, 0.05) is 12.2 Å². The van der Waals surface area contributed by atoms with Crippen molar-refractivity contribution in [2.75, 3.05) is 13.2 Å². The van der Waals surface area contributed by atoms with Crippen LogP contribution < -0.4 is 10.1 Å². The second-order valence-electron chi connectivity index (χ2n) is 6.41. The fourth-order valence-corrected chi connectivity index (χ4v) is 2.94. The number of amides is 1. The first-order chi connectivity index (χ1) is 12.6. The van der Waals surface area contributed by atoms with Crippen LogP contribution >= 0.6 is 0 Å². The highest BCUT2D eigenvalue weighted by atomic mass is 16.5. The highest BCUT2D eigenvalue weighted by Gasteiger charge is 2.38. The van der Waals surface area contributed by atoms with Gasteiger partial charge in [0.2, 0.25) is 0 Å². The number of nitrogens with one attached hydrogen (secondary N) is 1. The van der Waals surface area contributed by atoms with Gasteiger partial charge in [-0.2, -0.15) is 0 Å². The van der Waals surface area contributed by atoms with Crippen LogP contribution in [0.5, 0.6) is 5.75 Å². The van der Waals surface area contributed by atoms with Gasteiger partial charge in [0.15, 0.2) is 0 Å². The van der Waals surface area contributed by atoms with Gasteiger partial charge in [0.05, 0.1) is 18.6 Å². The Morgan fingerprint density at radius 3 is 2.46 bits per heavy atom. The summed E-state index contributed by atoms with van der Waals surface area (Å²) in [7, 11) is 0. The molecule has 3 rings (SSSR count). The van der Waals surface area contributed by atoms with Crippen molar-refractivity contribution >= 4 is 11.9 Å². The van der Waals surface area contributed by atoms with E-state index in [1.165, 1.54) is 0 Å². The van der Waals surface area contributed by atoms with E-state index < -0.39 is 11.5 Å². The molecule has 2 N–H and O–H groups in total. The maximum atomic E-state index is 12.5. The Labute approximate surface area is 151 Å². The average Bonchev–Trinajstić information content (AvgIpc) is 3.08. The third-order valence-corrected chi connectivity index (χ3v) is 4.34. The number of benzene rings is 2. The van der Waals surface area contributed by atoms with Gasteiger partial charge >= 0.3 is 5.97 Å². The second-order valence-corrected chi connectivity index (χ2v) is 6.41. The number of carbonyl (C=O) groups excluding carboxylic acids is 1. The van der Waals surface area contributed by atoms with Crippen LogP contribution in [0.3, 0.4) is 0 Å². The van der Waals surface area contributed by atoms with Crippen molar-refractivity contribution < 1.29 is 24.2 Å². The molecule has 1 amide bonds. The third kappa shape index (κ3) is 4.61. The first-order valence-corrected chi connectivity index (χ1v) is 8.45. The van der Waals surface area contributed by atoms with E-state index >= 15 is 0 Å². The minimum atomic E-state index is -0.958. The zero-order valence-electron chi connectivity index (χ0n) is 14.3. The molecule has 1 aliphatic heterocycles. The van der Waals surface area contributed by atoms with Crippen LogP contribution in [-0.2, 0) is 16.1 Å². The number of aliphatic carboxylic acids is 1. The molecule has 1 unspecified atom stereocenters. The molecule has 0 bridgehead atoms. The Morgan fingerprint density at radius 2 is 1.85 bits per heavy atom. The van der Waals surface area contributed by atoms with Crippen LogP contribution in [0.2, 0.25) is 0 Å². The van der Waals surface area contributed by atoms with E-state index in [2.05, 4.69) is 5.32 Å². The summed E-state index contributed by atoms with van der Waals surface area (Å²) in [5.74, 6) is -0.610.